The zero-order chi connectivity index (χ0) is 18.2. The van der Waals surface area contributed by atoms with E-state index in [1.54, 1.807) is 24.4 Å². The molecule has 25 heavy (non-hydrogen) atoms. The minimum Gasteiger partial charge on any atom is -0.378 e. The number of rotatable bonds is 6. The SMILES string of the molecule is Cc1cccc(C(=O)NCC(=O)NN=Cc2ccc(N(C)C)cc2)c1. The van der Waals surface area contributed by atoms with Crippen LogP contribution in [-0.4, -0.2) is 38.7 Å². The third-order valence-corrected chi connectivity index (χ3v) is 3.50. The number of nitrogens with zero attached hydrogens (tertiary/aromatic N) is 2. The Balaban J connectivity index is 1.79. The number of benzene rings is 2. The van der Waals surface area contributed by atoms with Crippen LogP contribution in [0.5, 0.6) is 0 Å². The minimum atomic E-state index is -0.387. The van der Waals surface area contributed by atoms with Crippen LogP contribution in [0.4, 0.5) is 5.69 Å². The summed E-state index contributed by atoms with van der Waals surface area (Å²) in [5, 5.41) is 6.46. The van der Waals surface area contributed by atoms with Crippen molar-refractivity contribution in [1.29, 1.82) is 0 Å². The van der Waals surface area contributed by atoms with Crippen LogP contribution in [0.25, 0.3) is 0 Å². The minimum absolute atomic E-state index is 0.135. The average Bonchev–Trinajstić information content (AvgIpc) is 2.60. The molecular weight excluding hydrogens is 316 g/mol. The molecule has 0 saturated carbocycles. The third-order valence-electron chi connectivity index (χ3n) is 3.50. The lowest BCUT2D eigenvalue weighted by molar-refractivity contribution is -0.120. The van der Waals surface area contributed by atoms with Crippen LogP contribution in [-0.2, 0) is 4.79 Å². The van der Waals surface area contributed by atoms with Gasteiger partial charge in [0.25, 0.3) is 11.8 Å². The molecule has 130 valence electrons. The maximum atomic E-state index is 12.0. The molecule has 0 fully saturated rings. The van der Waals surface area contributed by atoms with Crippen LogP contribution >= 0.6 is 0 Å². The highest BCUT2D eigenvalue weighted by molar-refractivity contribution is 5.96. The molecule has 0 unspecified atom stereocenters. The van der Waals surface area contributed by atoms with E-state index in [0.717, 1.165) is 16.8 Å². The Labute approximate surface area is 147 Å². The summed E-state index contributed by atoms with van der Waals surface area (Å²) in [6.07, 6.45) is 1.56. The van der Waals surface area contributed by atoms with Gasteiger partial charge in [-0.1, -0.05) is 29.8 Å². The van der Waals surface area contributed by atoms with E-state index in [9.17, 15) is 9.59 Å². The predicted molar refractivity (Wildman–Crippen MR) is 100 cm³/mol. The Hall–Kier alpha value is -3.15. The number of hydrazone groups is 1. The van der Waals surface area contributed by atoms with Gasteiger partial charge in [0.2, 0.25) is 0 Å². The van der Waals surface area contributed by atoms with Gasteiger partial charge in [-0.05, 0) is 36.8 Å². The summed E-state index contributed by atoms with van der Waals surface area (Å²) in [4.78, 5) is 25.7. The van der Waals surface area contributed by atoms with E-state index < -0.39 is 0 Å². The maximum absolute atomic E-state index is 12.0. The van der Waals surface area contributed by atoms with Crippen molar-refractivity contribution < 1.29 is 9.59 Å². The molecule has 0 saturated heterocycles. The van der Waals surface area contributed by atoms with Gasteiger partial charge in [-0.25, -0.2) is 5.43 Å². The second-order valence-electron chi connectivity index (χ2n) is 5.83. The van der Waals surface area contributed by atoms with Crippen molar-refractivity contribution in [2.24, 2.45) is 5.10 Å². The molecule has 0 atom stereocenters. The van der Waals surface area contributed by atoms with Crippen molar-refractivity contribution in [3.8, 4) is 0 Å². The van der Waals surface area contributed by atoms with E-state index in [1.165, 1.54) is 0 Å². The smallest absolute Gasteiger partial charge is 0.259 e. The fourth-order valence-electron chi connectivity index (χ4n) is 2.13. The first-order valence-corrected chi connectivity index (χ1v) is 7.90. The summed E-state index contributed by atoms with van der Waals surface area (Å²) in [7, 11) is 3.93. The average molecular weight is 338 g/mol. The number of nitrogens with one attached hydrogen (secondary N) is 2. The first-order valence-electron chi connectivity index (χ1n) is 7.90. The summed E-state index contributed by atoms with van der Waals surface area (Å²) in [6.45, 7) is 1.77. The number of anilines is 1. The summed E-state index contributed by atoms with van der Waals surface area (Å²) in [6, 6.07) is 14.9. The van der Waals surface area contributed by atoms with Crippen LogP contribution in [0.3, 0.4) is 0 Å². The molecule has 2 aromatic rings. The Morgan fingerprint density at radius 1 is 1.12 bits per heavy atom. The largest absolute Gasteiger partial charge is 0.378 e. The molecule has 0 heterocycles. The van der Waals surface area contributed by atoms with Crippen molar-refractivity contribution in [2.75, 3.05) is 25.5 Å². The second-order valence-corrected chi connectivity index (χ2v) is 5.83. The highest BCUT2D eigenvalue weighted by Gasteiger charge is 2.07. The molecular formula is C19H22N4O2. The van der Waals surface area contributed by atoms with Crippen LogP contribution in [0, 0.1) is 6.92 Å². The van der Waals surface area contributed by atoms with Gasteiger partial charge in [0.15, 0.2) is 0 Å². The summed E-state index contributed by atoms with van der Waals surface area (Å²) in [5.74, 6) is -0.677. The normalized spacial score (nSPS) is 10.5. The Bertz CT molecular complexity index is 767. The molecule has 2 amide bonds. The third kappa shape index (κ3) is 5.76. The zero-order valence-electron chi connectivity index (χ0n) is 14.6. The Morgan fingerprint density at radius 2 is 1.84 bits per heavy atom. The van der Waals surface area contributed by atoms with Crippen molar-refractivity contribution in [3.63, 3.8) is 0 Å². The molecule has 0 aromatic heterocycles. The summed E-state index contributed by atoms with van der Waals surface area (Å²) in [5.41, 5.74) is 5.86. The van der Waals surface area contributed by atoms with Crippen molar-refractivity contribution in [3.05, 3.63) is 65.2 Å². The van der Waals surface area contributed by atoms with Gasteiger partial charge in [0.05, 0.1) is 12.8 Å². The van der Waals surface area contributed by atoms with E-state index in [1.807, 2.05) is 56.3 Å². The van der Waals surface area contributed by atoms with Gasteiger partial charge >= 0.3 is 0 Å². The van der Waals surface area contributed by atoms with Crippen LogP contribution in [0.2, 0.25) is 0 Å². The van der Waals surface area contributed by atoms with Gasteiger partial charge < -0.3 is 10.2 Å². The standard InChI is InChI=1S/C19H22N4O2/c1-14-5-4-6-16(11-14)19(25)20-13-18(24)22-21-12-15-7-9-17(10-8-15)23(2)3/h4-12H,13H2,1-3H3,(H,20,25)(H,22,24). The quantitative estimate of drug-likeness (QED) is 0.624. The molecule has 2 rings (SSSR count). The lowest BCUT2D eigenvalue weighted by Crippen LogP contribution is -2.34. The molecule has 2 aromatic carbocycles. The van der Waals surface area contributed by atoms with Gasteiger partial charge in [-0.3, -0.25) is 9.59 Å². The van der Waals surface area contributed by atoms with Gasteiger partial charge in [0, 0.05) is 25.3 Å². The van der Waals surface area contributed by atoms with Crippen molar-refractivity contribution >= 4 is 23.7 Å². The number of hydrogen-bond donors (Lipinski definition) is 2. The Morgan fingerprint density at radius 3 is 2.48 bits per heavy atom. The van der Waals surface area contributed by atoms with Gasteiger partial charge in [-0.2, -0.15) is 5.10 Å². The van der Waals surface area contributed by atoms with Crippen LogP contribution in [0.15, 0.2) is 53.6 Å². The molecule has 0 aliphatic carbocycles. The lowest BCUT2D eigenvalue weighted by atomic mass is 10.1. The molecule has 0 aliphatic rings. The van der Waals surface area contributed by atoms with Gasteiger partial charge in [0.1, 0.15) is 0 Å². The maximum Gasteiger partial charge on any atom is 0.259 e. The van der Waals surface area contributed by atoms with Crippen molar-refractivity contribution in [1.82, 2.24) is 10.7 Å². The van der Waals surface area contributed by atoms with Crippen LogP contribution < -0.4 is 15.6 Å². The van der Waals surface area contributed by atoms with E-state index in [0.29, 0.717) is 5.56 Å². The van der Waals surface area contributed by atoms with E-state index in [4.69, 9.17) is 0 Å². The number of amides is 2. The number of carbonyl (C=O) groups excluding carboxylic acids is 2. The topological polar surface area (TPSA) is 73.8 Å². The Kier molecular flexibility index (Phi) is 6.28. The van der Waals surface area contributed by atoms with Crippen molar-refractivity contribution in [2.45, 2.75) is 6.92 Å². The second kappa shape index (κ2) is 8.63. The molecule has 6 nitrogen and oxygen atoms in total. The summed E-state index contributed by atoms with van der Waals surface area (Å²) < 4.78 is 0. The van der Waals surface area contributed by atoms with E-state index in [-0.39, 0.29) is 18.4 Å². The predicted octanol–water partition coefficient (Wildman–Crippen LogP) is 1.94. The van der Waals surface area contributed by atoms with E-state index >= 15 is 0 Å². The highest BCUT2D eigenvalue weighted by Crippen LogP contribution is 2.10. The van der Waals surface area contributed by atoms with E-state index in [2.05, 4.69) is 15.8 Å². The molecule has 0 aliphatic heterocycles. The van der Waals surface area contributed by atoms with Gasteiger partial charge in [-0.15, -0.1) is 0 Å². The first-order chi connectivity index (χ1) is 12.0. The van der Waals surface area contributed by atoms with Crippen LogP contribution in [0.1, 0.15) is 21.5 Å². The molecule has 0 spiro atoms. The highest BCUT2D eigenvalue weighted by atomic mass is 16.2. The zero-order valence-corrected chi connectivity index (χ0v) is 14.6. The summed E-state index contributed by atoms with van der Waals surface area (Å²) >= 11 is 0. The fourth-order valence-corrected chi connectivity index (χ4v) is 2.13. The molecule has 0 bridgehead atoms. The number of aryl methyl sites for hydroxylation is 1. The molecule has 0 radical (unpaired) electrons. The lowest BCUT2D eigenvalue weighted by Gasteiger charge is -2.11. The monoisotopic (exact) mass is 338 g/mol. The molecule has 6 heteroatoms. The number of hydrogen-bond acceptors (Lipinski definition) is 4. The first kappa shape index (κ1) is 18.2. The number of carbonyl (C=O) groups is 2. The fraction of sp³-hybridized carbons (Fsp3) is 0.211. The molecule has 2 N–H and O–H groups in total.